The van der Waals surface area contributed by atoms with E-state index in [1.165, 1.54) is 6.33 Å². The van der Waals surface area contributed by atoms with Crippen LogP contribution in [0.2, 0.25) is 0 Å². The third kappa shape index (κ3) is 3.21. The Morgan fingerprint density at radius 2 is 2.04 bits per heavy atom. The van der Waals surface area contributed by atoms with Crippen LogP contribution in [0.1, 0.15) is 12.8 Å². The van der Waals surface area contributed by atoms with Gasteiger partial charge in [0.05, 0.1) is 11.8 Å². The minimum atomic E-state index is -4.30. The molecule has 0 aliphatic carbocycles. The predicted octanol–water partition coefficient (Wildman–Crippen LogP) is 3.87. The van der Waals surface area contributed by atoms with E-state index < -0.39 is 18.6 Å². The summed E-state index contributed by atoms with van der Waals surface area (Å²) < 4.78 is 38.1. The van der Waals surface area contributed by atoms with Gasteiger partial charge in [0, 0.05) is 23.4 Å². The number of hydrogen-bond donors (Lipinski definition) is 2. The number of aromatic nitrogens is 3. The number of terminal acetylenes is 1. The lowest BCUT2D eigenvalue weighted by Gasteiger charge is -2.19. The molecule has 0 aliphatic heterocycles. The van der Waals surface area contributed by atoms with Crippen molar-refractivity contribution in [3.8, 4) is 12.3 Å². The number of benzene rings is 1. The van der Waals surface area contributed by atoms with Crippen LogP contribution in [0.5, 0.6) is 0 Å². The van der Waals surface area contributed by atoms with Crippen LogP contribution in [0, 0.1) is 12.3 Å². The summed E-state index contributed by atoms with van der Waals surface area (Å²) in [6, 6.07) is 6.51. The standard InChI is InChI=1S/C16H13F3N4/c1-2-5-10(8-16(17,18)19)22-14-13-11-6-3-4-7-12(11)23-15(13)21-9-20-14/h1,3-4,6-7,9-10H,5,8H2,(H2,20,21,22,23). The molecule has 2 N–H and O–H groups in total. The van der Waals surface area contributed by atoms with E-state index in [1.54, 1.807) is 0 Å². The molecule has 1 unspecified atom stereocenters. The summed E-state index contributed by atoms with van der Waals surface area (Å²) in [5, 5.41) is 4.33. The van der Waals surface area contributed by atoms with Crippen LogP contribution in [0.3, 0.4) is 0 Å². The molecule has 0 fully saturated rings. The van der Waals surface area contributed by atoms with Crippen molar-refractivity contribution in [2.24, 2.45) is 0 Å². The number of nitrogens with one attached hydrogen (secondary N) is 2. The highest BCUT2D eigenvalue weighted by molar-refractivity contribution is 6.10. The van der Waals surface area contributed by atoms with Crippen molar-refractivity contribution < 1.29 is 13.2 Å². The van der Waals surface area contributed by atoms with Gasteiger partial charge in [-0.3, -0.25) is 0 Å². The van der Waals surface area contributed by atoms with Crippen LogP contribution >= 0.6 is 0 Å². The lowest BCUT2D eigenvalue weighted by molar-refractivity contribution is -0.136. The topological polar surface area (TPSA) is 53.6 Å². The van der Waals surface area contributed by atoms with E-state index in [4.69, 9.17) is 6.42 Å². The molecule has 118 valence electrons. The number of alkyl halides is 3. The molecule has 7 heteroatoms. The number of H-pyrrole nitrogens is 1. The third-order valence-electron chi connectivity index (χ3n) is 3.48. The fourth-order valence-electron chi connectivity index (χ4n) is 2.57. The second-order valence-electron chi connectivity index (χ2n) is 5.19. The van der Waals surface area contributed by atoms with Gasteiger partial charge in [-0.15, -0.1) is 12.3 Å². The normalized spacial score (nSPS) is 13.1. The highest BCUT2D eigenvalue weighted by Crippen LogP contribution is 2.31. The molecular formula is C16H13F3N4. The summed E-state index contributed by atoms with van der Waals surface area (Å²) in [6.45, 7) is 0. The van der Waals surface area contributed by atoms with E-state index >= 15 is 0 Å². The van der Waals surface area contributed by atoms with Gasteiger partial charge < -0.3 is 10.3 Å². The van der Waals surface area contributed by atoms with E-state index in [1.807, 2.05) is 24.3 Å². The summed E-state index contributed by atoms with van der Waals surface area (Å²) in [6.07, 6.45) is 1.12. The summed E-state index contributed by atoms with van der Waals surface area (Å²) >= 11 is 0. The Hall–Kier alpha value is -2.75. The Morgan fingerprint density at radius 3 is 2.78 bits per heavy atom. The van der Waals surface area contributed by atoms with Gasteiger partial charge in [-0.05, 0) is 6.07 Å². The first-order chi connectivity index (χ1) is 11.0. The van der Waals surface area contributed by atoms with Crippen LogP contribution in [0.25, 0.3) is 21.9 Å². The molecule has 1 atom stereocenters. The number of halogens is 3. The van der Waals surface area contributed by atoms with Crippen molar-refractivity contribution in [1.82, 2.24) is 15.0 Å². The van der Waals surface area contributed by atoms with Crippen LogP contribution in [0.4, 0.5) is 19.0 Å². The monoisotopic (exact) mass is 318 g/mol. The molecule has 0 radical (unpaired) electrons. The van der Waals surface area contributed by atoms with Crippen LogP contribution in [-0.4, -0.2) is 27.2 Å². The average Bonchev–Trinajstić information content (AvgIpc) is 2.85. The number of para-hydroxylation sites is 1. The van der Waals surface area contributed by atoms with Crippen molar-refractivity contribution in [1.29, 1.82) is 0 Å². The van der Waals surface area contributed by atoms with Gasteiger partial charge in [-0.1, -0.05) is 18.2 Å². The van der Waals surface area contributed by atoms with Crippen molar-refractivity contribution in [3.05, 3.63) is 30.6 Å². The Morgan fingerprint density at radius 1 is 1.26 bits per heavy atom. The largest absolute Gasteiger partial charge is 0.391 e. The second-order valence-corrected chi connectivity index (χ2v) is 5.19. The predicted molar refractivity (Wildman–Crippen MR) is 82.9 cm³/mol. The second kappa shape index (κ2) is 5.80. The summed E-state index contributed by atoms with van der Waals surface area (Å²) in [7, 11) is 0. The summed E-state index contributed by atoms with van der Waals surface area (Å²) in [4.78, 5) is 11.4. The minimum Gasteiger partial charge on any atom is -0.365 e. The Bertz CT molecular complexity index is 876. The molecule has 0 spiro atoms. The maximum Gasteiger partial charge on any atom is 0.391 e. The Balaban J connectivity index is 2.03. The van der Waals surface area contributed by atoms with Crippen LogP contribution < -0.4 is 5.32 Å². The van der Waals surface area contributed by atoms with E-state index in [2.05, 4.69) is 26.2 Å². The molecule has 0 saturated carbocycles. The molecular weight excluding hydrogens is 305 g/mol. The van der Waals surface area contributed by atoms with Gasteiger partial charge >= 0.3 is 6.18 Å². The van der Waals surface area contributed by atoms with Crippen molar-refractivity contribution in [2.45, 2.75) is 25.1 Å². The molecule has 0 aliphatic rings. The van der Waals surface area contributed by atoms with E-state index in [9.17, 15) is 13.2 Å². The highest BCUT2D eigenvalue weighted by Gasteiger charge is 2.32. The van der Waals surface area contributed by atoms with E-state index in [0.717, 1.165) is 10.9 Å². The quantitative estimate of drug-likeness (QED) is 0.718. The summed E-state index contributed by atoms with van der Waals surface area (Å²) in [5.74, 6) is 2.62. The molecule has 1 aromatic carbocycles. The number of anilines is 1. The first-order valence-corrected chi connectivity index (χ1v) is 6.96. The van der Waals surface area contributed by atoms with E-state index in [0.29, 0.717) is 16.9 Å². The molecule has 0 bridgehead atoms. The zero-order valence-corrected chi connectivity index (χ0v) is 12.0. The zero-order valence-electron chi connectivity index (χ0n) is 12.0. The summed E-state index contributed by atoms with van der Waals surface area (Å²) in [5.41, 5.74) is 1.41. The Kier molecular flexibility index (Phi) is 3.82. The smallest absolute Gasteiger partial charge is 0.365 e. The number of rotatable bonds is 4. The number of hydrogen-bond acceptors (Lipinski definition) is 3. The van der Waals surface area contributed by atoms with Crippen molar-refractivity contribution >= 4 is 27.8 Å². The first-order valence-electron chi connectivity index (χ1n) is 6.96. The van der Waals surface area contributed by atoms with Gasteiger partial charge in [-0.25, -0.2) is 9.97 Å². The van der Waals surface area contributed by atoms with Gasteiger partial charge in [-0.2, -0.15) is 13.2 Å². The SMILES string of the molecule is C#CCC(CC(F)(F)F)Nc1ncnc2[nH]c3ccccc3c12. The molecule has 2 heterocycles. The van der Waals surface area contributed by atoms with Gasteiger partial charge in [0.25, 0.3) is 0 Å². The lowest BCUT2D eigenvalue weighted by Crippen LogP contribution is -2.27. The molecule has 4 nitrogen and oxygen atoms in total. The molecule has 3 aromatic rings. The lowest BCUT2D eigenvalue weighted by atomic mass is 10.1. The molecule has 2 aromatic heterocycles. The third-order valence-corrected chi connectivity index (χ3v) is 3.48. The maximum atomic E-state index is 12.7. The number of aromatic amines is 1. The van der Waals surface area contributed by atoms with Crippen LogP contribution in [-0.2, 0) is 0 Å². The van der Waals surface area contributed by atoms with E-state index in [-0.39, 0.29) is 6.42 Å². The fourth-order valence-corrected chi connectivity index (χ4v) is 2.57. The first kappa shape index (κ1) is 15.2. The number of nitrogens with zero attached hydrogens (tertiary/aromatic N) is 2. The maximum absolute atomic E-state index is 12.7. The molecule has 23 heavy (non-hydrogen) atoms. The van der Waals surface area contributed by atoms with Crippen molar-refractivity contribution in [2.75, 3.05) is 5.32 Å². The van der Waals surface area contributed by atoms with Crippen molar-refractivity contribution in [3.63, 3.8) is 0 Å². The zero-order chi connectivity index (χ0) is 16.4. The Labute approximate surface area is 130 Å². The molecule has 0 saturated heterocycles. The van der Waals surface area contributed by atoms with Gasteiger partial charge in [0.15, 0.2) is 0 Å². The average molecular weight is 318 g/mol. The van der Waals surface area contributed by atoms with Gasteiger partial charge in [0.1, 0.15) is 17.8 Å². The number of fused-ring (bicyclic) bond motifs is 3. The molecule has 0 amide bonds. The van der Waals surface area contributed by atoms with Crippen LogP contribution in [0.15, 0.2) is 30.6 Å². The van der Waals surface area contributed by atoms with Gasteiger partial charge in [0.2, 0.25) is 0 Å². The molecule has 3 rings (SSSR count). The minimum absolute atomic E-state index is 0.0483. The highest BCUT2D eigenvalue weighted by atomic mass is 19.4. The fraction of sp³-hybridized carbons (Fsp3) is 0.250.